The molecule has 3 heteroatoms. The van der Waals surface area contributed by atoms with Gasteiger partial charge in [0.2, 0.25) is 0 Å². The first-order chi connectivity index (χ1) is 9.17. The van der Waals surface area contributed by atoms with Gasteiger partial charge in [0.05, 0.1) is 4.47 Å². The Morgan fingerprint density at radius 1 is 1.42 bits per heavy atom. The van der Waals surface area contributed by atoms with Crippen molar-refractivity contribution in [1.82, 2.24) is 5.32 Å². The molecule has 1 N–H and O–H groups in total. The van der Waals surface area contributed by atoms with Gasteiger partial charge < -0.3 is 5.32 Å². The standard InChI is InChI=1S/C16H23BrFN/c1-3-11-6-4-7-12(10-11)16(19-2)13-8-5-9-14(18)15(13)17/h5,8-9,11-12,16,19H,3-4,6-7,10H2,1-2H3. The SMILES string of the molecule is CCC1CCCC(C(NC)c2cccc(F)c2Br)C1. The van der Waals surface area contributed by atoms with Crippen LogP contribution in [0.15, 0.2) is 22.7 Å². The van der Waals surface area contributed by atoms with Gasteiger partial charge in [0.25, 0.3) is 0 Å². The molecular weight excluding hydrogens is 305 g/mol. The highest BCUT2D eigenvalue weighted by atomic mass is 79.9. The summed E-state index contributed by atoms with van der Waals surface area (Å²) in [6.07, 6.45) is 6.41. The van der Waals surface area contributed by atoms with Crippen LogP contribution in [0.2, 0.25) is 0 Å². The van der Waals surface area contributed by atoms with E-state index in [1.165, 1.54) is 38.2 Å². The van der Waals surface area contributed by atoms with Crippen LogP contribution in [0.3, 0.4) is 0 Å². The van der Waals surface area contributed by atoms with Crippen molar-refractivity contribution >= 4 is 15.9 Å². The smallest absolute Gasteiger partial charge is 0.137 e. The van der Waals surface area contributed by atoms with Crippen LogP contribution in [0.5, 0.6) is 0 Å². The quantitative estimate of drug-likeness (QED) is 0.814. The Morgan fingerprint density at radius 2 is 2.21 bits per heavy atom. The molecule has 0 saturated heterocycles. The van der Waals surface area contributed by atoms with Gasteiger partial charge in [-0.05, 0) is 59.3 Å². The molecule has 0 radical (unpaired) electrons. The first-order valence-corrected chi connectivity index (χ1v) is 8.07. The molecule has 0 bridgehead atoms. The number of hydrogen-bond donors (Lipinski definition) is 1. The zero-order valence-electron chi connectivity index (χ0n) is 11.8. The number of nitrogens with one attached hydrogen (secondary N) is 1. The van der Waals surface area contributed by atoms with Crippen LogP contribution < -0.4 is 5.32 Å². The number of hydrogen-bond acceptors (Lipinski definition) is 1. The van der Waals surface area contributed by atoms with Crippen LogP contribution in [0.1, 0.15) is 50.6 Å². The molecule has 0 spiro atoms. The number of halogens is 2. The average molecular weight is 328 g/mol. The third kappa shape index (κ3) is 3.38. The number of benzene rings is 1. The molecule has 0 aromatic heterocycles. The first kappa shape index (κ1) is 15.0. The fourth-order valence-electron chi connectivity index (χ4n) is 3.41. The van der Waals surface area contributed by atoms with Crippen LogP contribution in [0, 0.1) is 17.7 Å². The second-order valence-electron chi connectivity index (χ2n) is 5.61. The predicted octanol–water partition coefficient (Wildman–Crippen LogP) is 5.07. The van der Waals surface area contributed by atoms with E-state index in [0.717, 1.165) is 11.5 Å². The normalized spacial score (nSPS) is 25.3. The summed E-state index contributed by atoms with van der Waals surface area (Å²) >= 11 is 3.41. The summed E-state index contributed by atoms with van der Waals surface area (Å²) in [6, 6.07) is 5.60. The number of rotatable bonds is 4. The van der Waals surface area contributed by atoms with Gasteiger partial charge in [-0.15, -0.1) is 0 Å². The Labute approximate surface area is 124 Å². The summed E-state index contributed by atoms with van der Waals surface area (Å²) in [7, 11) is 1.98. The molecule has 2 rings (SSSR count). The molecule has 3 unspecified atom stereocenters. The van der Waals surface area contributed by atoms with Crippen molar-refractivity contribution in [3.05, 3.63) is 34.1 Å². The van der Waals surface area contributed by atoms with Crippen molar-refractivity contribution in [2.45, 2.75) is 45.1 Å². The fourth-order valence-corrected chi connectivity index (χ4v) is 3.92. The van der Waals surface area contributed by atoms with Crippen LogP contribution in [-0.2, 0) is 0 Å². The zero-order chi connectivity index (χ0) is 13.8. The van der Waals surface area contributed by atoms with Gasteiger partial charge >= 0.3 is 0 Å². The van der Waals surface area contributed by atoms with Crippen LogP contribution in [-0.4, -0.2) is 7.05 Å². The Morgan fingerprint density at radius 3 is 2.89 bits per heavy atom. The van der Waals surface area contributed by atoms with Gasteiger partial charge in [-0.1, -0.05) is 38.3 Å². The lowest BCUT2D eigenvalue weighted by molar-refractivity contribution is 0.214. The van der Waals surface area contributed by atoms with Crippen LogP contribution >= 0.6 is 15.9 Å². The predicted molar refractivity (Wildman–Crippen MR) is 81.6 cm³/mol. The maximum atomic E-state index is 13.7. The molecule has 0 aliphatic heterocycles. The highest BCUT2D eigenvalue weighted by molar-refractivity contribution is 9.10. The molecule has 1 aromatic carbocycles. The van der Waals surface area contributed by atoms with E-state index in [1.807, 2.05) is 13.1 Å². The highest BCUT2D eigenvalue weighted by Gasteiger charge is 2.29. The van der Waals surface area contributed by atoms with Gasteiger partial charge in [-0.3, -0.25) is 0 Å². The maximum absolute atomic E-state index is 13.7. The third-order valence-electron chi connectivity index (χ3n) is 4.50. The van der Waals surface area contributed by atoms with E-state index in [0.29, 0.717) is 10.4 Å². The summed E-state index contributed by atoms with van der Waals surface area (Å²) < 4.78 is 14.3. The van der Waals surface area contributed by atoms with Gasteiger partial charge in [0.1, 0.15) is 5.82 Å². The van der Waals surface area contributed by atoms with Gasteiger partial charge in [0, 0.05) is 6.04 Å². The largest absolute Gasteiger partial charge is 0.313 e. The van der Waals surface area contributed by atoms with Gasteiger partial charge in [0.15, 0.2) is 0 Å². The minimum absolute atomic E-state index is 0.166. The monoisotopic (exact) mass is 327 g/mol. The highest BCUT2D eigenvalue weighted by Crippen LogP contribution is 2.40. The van der Waals surface area contributed by atoms with Crippen molar-refractivity contribution in [3.63, 3.8) is 0 Å². The molecule has 1 fully saturated rings. The van der Waals surface area contributed by atoms with E-state index in [2.05, 4.69) is 28.2 Å². The molecule has 1 aliphatic carbocycles. The second kappa shape index (κ2) is 6.85. The van der Waals surface area contributed by atoms with Gasteiger partial charge in [-0.2, -0.15) is 0 Å². The lowest BCUT2D eigenvalue weighted by atomic mass is 9.75. The topological polar surface area (TPSA) is 12.0 Å². The van der Waals surface area contributed by atoms with E-state index in [4.69, 9.17) is 0 Å². The Kier molecular flexibility index (Phi) is 5.40. The van der Waals surface area contributed by atoms with Crippen LogP contribution in [0.25, 0.3) is 0 Å². The summed E-state index contributed by atoms with van der Waals surface area (Å²) in [5.74, 6) is 1.28. The van der Waals surface area contributed by atoms with E-state index in [9.17, 15) is 4.39 Å². The van der Waals surface area contributed by atoms with Crippen molar-refractivity contribution < 1.29 is 4.39 Å². The molecule has 1 nitrogen and oxygen atoms in total. The Bertz CT molecular complexity index is 421. The molecule has 0 amide bonds. The molecule has 1 aromatic rings. The fraction of sp³-hybridized carbons (Fsp3) is 0.625. The summed E-state index contributed by atoms with van der Waals surface area (Å²) in [4.78, 5) is 0. The van der Waals surface area contributed by atoms with E-state index in [-0.39, 0.29) is 11.9 Å². The zero-order valence-corrected chi connectivity index (χ0v) is 13.3. The minimum atomic E-state index is -0.166. The minimum Gasteiger partial charge on any atom is -0.313 e. The molecule has 1 saturated carbocycles. The first-order valence-electron chi connectivity index (χ1n) is 7.28. The summed E-state index contributed by atoms with van der Waals surface area (Å²) in [6.45, 7) is 2.28. The van der Waals surface area contributed by atoms with E-state index >= 15 is 0 Å². The summed E-state index contributed by atoms with van der Waals surface area (Å²) in [5.41, 5.74) is 1.06. The van der Waals surface area contributed by atoms with Crippen molar-refractivity contribution in [2.24, 2.45) is 11.8 Å². The van der Waals surface area contributed by atoms with Crippen LogP contribution in [0.4, 0.5) is 4.39 Å². The third-order valence-corrected chi connectivity index (χ3v) is 5.34. The van der Waals surface area contributed by atoms with Gasteiger partial charge in [-0.25, -0.2) is 4.39 Å². The van der Waals surface area contributed by atoms with Crippen molar-refractivity contribution in [3.8, 4) is 0 Å². The average Bonchev–Trinajstić information content (AvgIpc) is 2.44. The molecule has 3 atom stereocenters. The molecule has 1 aliphatic rings. The summed E-state index contributed by atoms with van der Waals surface area (Å²) in [5, 5.41) is 3.40. The van der Waals surface area contributed by atoms with Crippen molar-refractivity contribution in [2.75, 3.05) is 7.05 Å². The lowest BCUT2D eigenvalue weighted by Gasteiger charge is -2.35. The maximum Gasteiger partial charge on any atom is 0.137 e. The second-order valence-corrected chi connectivity index (χ2v) is 6.40. The molecule has 19 heavy (non-hydrogen) atoms. The molecular formula is C16H23BrFN. The molecule has 106 valence electrons. The van der Waals surface area contributed by atoms with Crippen molar-refractivity contribution in [1.29, 1.82) is 0 Å². The Hall–Kier alpha value is -0.410. The van der Waals surface area contributed by atoms with E-state index in [1.54, 1.807) is 6.07 Å². The van der Waals surface area contributed by atoms with E-state index < -0.39 is 0 Å². The molecule has 0 heterocycles. The Balaban J connectivity index is 2.21. The lowest BCUT2D eigenvalue weighted by Crippen LogP contribution is -2.29.